The molecule has 0 bridgehead atoms. The lowest BCUT2D eigenvalue weighted by atomic mass is 9.50. The third kappa shape index (κ3) is 1.35. The number of para-hydroxylation sites is 1. The Labute approximate surface area is 124 Å². The van der Waals surface area contributed by atoms with Crippen LogP contribution in [0.4, 0.5) is 0 Å². The zero-order chi connectivity index (χ0) is 14.1. The number of hydrogen-bond acceptors (Lipinski definition) is 2. The van der Waals surface area contributed by atoms with Crippen LogP contribution >= 0.6 is 11.8 Å². The lowest BCUT2D eigenvalue weighted by Gasteiger charge is -2.54. The maximum Gasteiger partial charge on any atom is 0.141 e. The average molecular weight is 282 g/mol. The van der Waals surface area contributed by atoms with Crippen molar-refractivity contribution < 1.29 is 4.74 Å². The Morgan fingerprint density at radius 2 is 1.45 bits per heavy atom. The molecule has 0 unspecified atom stereocenters. The molecule has 0 spiro atoms. The van der Waals surface area contributed by atoms with Crippen LogP contribution in [0.3, 0.4) is 0 Å². The first-order valence-electron chi connectivity index (χ1n) is 7.05. The van der Waals surface area contributed by atoms with E-state index in [0.29, 0.717) is 0 Å². The predicted molar refractivity (Wildman–Crippen MR) is 83.1 cm³/mol. The highest BCUT2D eigenvalue weighted by Gasteiger charge is 2.51. The van der Waals surface area contributed by atoms with E-state index in [-0.39, 0.29) is 10.8 Å². The SMILES string of the molecule is CC1(C)c2cc3c(cc2C1(C)C)Sc1ccccc1O3. The highest BCUT2D eigenvalue weighted by molar-refractivity contribution is 7.99. The average Bonchev–Trinajstić information content (AvgIpc) is 2.43. The van der Waals surface area contributed by atoms with E-state index in [9.17, 15) is 0 Å². The first-order chi connectivity index (χ1) is 9.41. The summed E-state index contributed by atoms with van der Waals surface area (Å²) in [7, 11) is 0. The quantitative estimate of drug-likeness (QED) is 0.537. The van der Waals surface area contributed by atoms with Crippen molar-refractivity contribution in [2.75, 3.05) is 0 Å². The van der Waals surface area contributed by atoms with E-state index in [2.05, 4.69) is 52.0 Å². The summed E-state index contributed by atoms with van der Waals surface area (Å²) in [5.41, 5.74) is 3.34. The second-order valence-corrected chi connectivity index (χ2v) is 7.83. The molecule has 1 heterocycles. The second-order valence-electron chi connectivity index (χ2n) is 6.75. The topological polar surface area (TPSA) is 9.23 Å². The molecule has 20 heavy (non-hydrogen) atoms. The number of ether oxygens (including phenoxy) is 1. The molecule has 0 fully saturated rings. The van der Waals surface area contributed by atoms with Gasteiger partial charge in [0.05, 0.1) is 9.79 Å². The van der Waals surface area contributed by atoms with Gasteiger partial charge in [0.25, 0.3) is 0 Å². The molecule has 2 heteroatoms. The van der Waals surface area contributed by atoms with Crippen LogP contribution in [0.25, 0.3) is 0 Å². The van der Waals surface area contributed by atoms with Gasteiger partial charge in [-0.1, -0.05) is 51.6 Å². The summed E-state index contributed by atoms with van der Waals surface area (Å²) in [5, 5.41) is 0. The van der Waals surface area contributed by atoms with Crippen LogP contribution in [-0.2, 0) is 10.8 Å². The molecule has 0 atom stereocenters. The molecule has 0 saturated heterocycles. The molecule has 0 radical (unpaired) electrons. The molecular weight excluding hydrogens is 264 g/mol. The first-order valence-corrected chi connectivity index (χ1v) is 7.87. The van der Waals surface area contributed by atoms with Crippen molar-refractivity contribution in [1.82, 2.24) is 0 Å². The fourth-order valence-electron chi connectivity index (χ4n) is 3.22. The van der Waals surface area contributed by atoms with Crippen molar-refractivity contribution in [3.8, 4) is 11.5 Å². The molecule has 0 aromatic heterocycles. The minimum atomic E-state index is 0.211. The summed E-state index contributed by atoms with van der Waals surface area (Å²) in [5.74, 6) is 1.98. The van der Waals surface area contributed by atoms with Gasteiger partial charge in [0.1, 0.15) is 11.5 Å². The summed E-state index contributed by atoms with van der Waals surface area (Å²) < 4.78 is 6.09. The minimum Gasteiger partial charge on any atom is -0.455 e. The van der Waals surface area contributed by atoms with E-state index < -0.39 is 0 Å². The standard InChI is InChI=1S/C18H18OS/c1-17(2)11-9-14-16(10-12(11)18(17,3)4)20-15-8-6-5-7-13(15)19-14/h5-10H,1-4H3. The van der Waals surface area contributed by atoms with Crippen molar-refractivity contribution >= 4 is 11.8 Å². The molecule has 0 saturated carbocycles. The van der Waals surface area contributed by atoms with E-state index in [1.807, 2.05) is 23.9 Å². The van der Waals surface area contributed by atoms with Crippen molar-refractivity contribution in [3.05, 3.63) is 47.5 Å². The molecule has 1 aliphatic carbocycles. The van der Waals surface area contributed by atoms with Gasteiger partial charge in [0, 0.05) is 0 Å². The van der Waals surface area contributed by atoms with Gasteiger partial charge < -0.3 is 4.74 Å². The first kappa shape index (κ1) is 12.3. The Balaban J connectivity index is 1.86. The smallest absolute Gasteiger partial charge is 0.141 e. The van der Waals surface area contributed by atoms with Crippen LogP contribution in [0.15, 0.2) is 46.2 Å². The number of benzene rings is 2. The van der Waals surface area contributed by atoms with Gasteiger partial charge >= 0.3 is 0 Å². The zero-order valence-electron chi connectivity index (χ0n) is 12.3. The largest absolute Gasteiger partial charge is 0.455 e. The molecule has 0 N–H and O–H groups in total. The fourth-order valence-corrected chi connectivity index (χ4v) is 4.19. The van der Waals surface area contributed by atoms with Crippen molar-refractivity contribution in [3.63, 3.8) is 0 Å². The Bertz CT molecular complexity index is 666. The monoisotopic (exact) mass is 282 g/mol. The summed E-state index contributed by atoms with van der Waals surface area (Å²) in [6.45, 7) is 9.32. The second kappa shape index (κ2) is 3.62. The van der Waals surface area contributed by atoms with Gasteiger partial charge in [-0.2, -0.15) is 0 Å². The van der Waals surface area contributed by atoms with Crippen molar-refractivity contribution in [1.29, 1.82) is 0 Å². The van der Waals surface area contributed by atoms with Crippen LogP contribution in [0.1, 0.15) is 38.8 Å². The third-order valence-corrected chi connectivity index (χ3v) is 6.38. The van der Waals surface area contributed by atoms with Gasteiger partial charge in [-0.15, -0.1) is 0 Å². The van der Waals surface area contributed by atoms with Gasteiger partial charge in [0.2, 0.25) is 0 Å². The van der Waals surface area contributed by atoms with E-state index in [4.69, 9.17) is 4.74 Å². The van der Waals surface area contributed by atoms with Gasteiger partial charge in [-0.25, -0.2) is 0 Å². The van der Waals surface area contributed by atoms with E-state index >= 15 is 0 Å². The van der Waals surface area contributed by atoms with E-state index in [0.717, 1.165) is 11.5 Å². The predicted octanol–water partition coefficient (Wildman–Crippen LogP) is 5.51. The van der Waals surface area contributed by atoms with E-state index in [1.165, 1.54) is 20.9 Å². The Hall–Kier alpha value is -1.41. The highest BCUT2D eigenvalue weighted by Crippen LogP contribution is 2.59. The van der Waals surface area contributed by atoms with Gasteiger partial charge in [0.15, 0.2) is 0 Å². The fraction of sp³-hybridized carbons (Fsp3) is 0.333. The van der Waals surface area contributed by atoms with Crippen molar-refractivity contribution in [2.24, 2.45) is 0 Å². The van der Waals surface area contributed by atoms with Crippen LogP contribution < -0.4 is 4.74 Å². The summed E-state index contributed by atoms with van der Waals surface area (Å²) >= 11 is 1.82. The number of hydrogen-bond donors (Lipinski definition) is 0. The Morgan fingerprint density at radius 3 is 2.20 bits per heavy atom. The lowest BCUT2D eigenvalue weighted by molar-refractivity contribution is 0.239. The lowest BCUT2D eigenvalue weighted by Crippen LogP contribution is -2.50. The maximum atomic E-state index is 6.09. The molecule has 2 aromatic rings. The van der Waals surface area contributed by atoms with E-state index in [1.54, 1.807) is 0 Å². The van der Waals surface area contributed by atoms with Crippen molar-refractivity contribution in [2.45, 2.75) is 48.3 Å². The molecule has 0 amide bonds. The van der Waals surface area contributed by atoms with Gasteiger partial charge in [-0.05, 0) is 46.2 Å². The normalized spacial score (nSPS) is 20.0. The highest BCUT2D eigenvalue weighted by atomic mass is 32.2. The molecule has 2 aromatic carbocycles. The van der Waals surface area contributed by atoms with Crippen LogP contribution in [0.5, 0.6) is 11.5 Å². The summed E-state index contributed by atoms with van der Waals surface area (Å²) in [6.07, 6.45) is 0. The Morgan fingerprint density at radius 1 is 0.800 bits per heavy atom. The molecule has 4 rings (SSSR count). The zero-order valence-corrected chi connectivity index (χ0v) is 13.1. The van der Waals surface area contributed by atoms with Crippen LogP contribution in [-0.4, -0.2) is 0 Å². The van der Waals surface area contributed by atoms with Crippen LogP contribution in [0, 0.1) is 0 Å². The summed E-state index contributed by atoms with van der Waals surface area (Å²) in [6, 6.07) is 12.8. The minimum absolute atomic E-state index is 0.211. The maximum absolute atomic E-state index is 6.09. The number of rotatable bonds is 0. The molecule has 1 aliphatic heterocycles. The molecule has 2 aliphatic rings. The number of fused-ring (bicyclic) bond motifs is 3. The van der Waals surface area contributed by atoms with Gasteiger partial charge in [-0.3, -0.25) is 0 Å². The molecule has 1 nitrogen and oxygen atoms in total. The van der Waals surface area contributed by atoms with Crippen LogP contribution in [0.2, 0.25) is 0 Å². The third-order valence-electron chi connectivity index (χ3n) is 5.28. The Kier molecular flexibility index (Phi) is 2.23. The summed E-state index contributed by atoms with van der Waals surface area (Å²) in [4.78, 5) is 2.45. The molecule has 102 valence electrons. The molecular formula is C18H18OS.